The maximum atomic E-state index is 12.3. The molecule has 0 saturated carbocycles. The number of allylic oxidation sites excluding steroid dienone is 1. The Bertz CT molecular complexity index is 720. The quantitative estimate of drug-likeness (QED) is 0.629. The van der Waals surface area contributed by atoms with E-state index in [-0.39, 0.29) is 12.4 Å². The molecule has 118 valence electrons. The van der Waals surface area contributed by atoms with Crippen LogP contribution < -0.4 is 15.2 Å². The number of carbonyl (C=O) groups is 2. The Hall–Kier alpha value is -3.08. The highest BCUT2D eigenvalue weighted by Gasteiger charge is 2.10. The van der Waals surface area contributed by atoms with Gasteiger partial charge in [0.25, 0.3) is 5.91 Å². The number of ketones is 1. The zero-order valence-electron chi connectivity index (χ0n) is 12.7. The van der Waals surface area contributed by atoms with E-state index in [1.807, 2.05) is 24.3 Å². The van der Waals surface area contributed by atoms with E-state index in [2.05, 4.69) is 0 Å². The highest BCUT2D eigenvalue weighted by atomic mass is 16.5. The summed E-state index contributed by atoms with van der Waals surface area (Å²) < 4.78 is 10.3. The van der Waals surface area contributed by atoms with E-state index < -0.39 is 5.91 Å². The number of rotatable bonds is 7. The summed E-state index contributed by atoms with van der Waals surface area (Å²) in [5.74, 6) is 0.260. The van der Waals surface area contributed by atoms with Gasteiger partial charge >= 0.3 is 0 Å². The maximum Gasteiger partial charge on any atom is 0.255 e. The van der Waals surface area contributed by atoms with Crippen molar-refractivity contribution >= 4 is 17.8 Å². The summed E-state index contributed by atoms with van der Waals surface area (Å²) in [5.41, 5.74) is 6.30. The number of para-hydroxylation sites is 1. The summed E-state index contributed by atoms with van der Waals surface area (Å²) >= 11 is 0. The molecule has 2 aromatic carbocycles. The number of amides is 1. The Kier molecular flexibility index (Phi) is 5.52. The van der Waals surface area contributed by atoms with Crippen LogP contribution in [0.5, 0.6) is 11.5 Å². The van der Waals surface area contributed by atoms with Gasteiger partial charge in [0.2, 0.25) is 0 Å². The van der Waals surface area contributed by atoms with Gasteiger partial charge in [-0.15, -0.1) is 0 Å². The molecule has 0 bridgehead atoms. The van der Waals surface area contributed by atoms with Crippen molar-refractivity contribution in [2.45, 2.75) is 0 Å². The fourth-order valence-corrected chi connectivity index (χ4v) is 1.92. The van der Waals surface area contributed by atoms with Crippen LogP contribution in [0.15, 0.2) is 54.6 Å². The van der Waals surface area contributed by atoms with Crippen molar-refractivity contribution in [1.29, 1.82) is 0 Å². The first-order valence-electron chi connectivity index (χ1n) is 6.97. The number of primary amides is 1. The minimum atomic E-state index is -0.596. The molecule has 2 N–H and O–H groups in total. The third kappa shape index (κ3) is 4.71. The molecule has 2 aromatic rings. The molecule has 0 aliphatic rings. The van der Waals surface area contributed by atoms with Crippen LogP contribution in [0, 0.1) is 0 Å². The summed E-state index contributed by atoms with van der Waals surface area (Å²) in [5, 5.41) is 0. The lowest BCUT2D eigenvalue weighted by Gasteiger charge is -2.07. The van der Waals surface area contributed by atoms with E-state index in [4.69, 9.17) is 15.2 Å². The van der Waals surface area contributed by atoms with Gasteiger partial charge in [0.15, 0.2) is 12.4 Å². The van der Waals surface area contributed by atoms with E-state index in [1.54, 1.807) is 37.5 Å². The third-order valence-electron chi connectivity index (χ3n) is 3.07. The van der Waals surface area contributed by atoms with Crippen molar-refractivity contribution in [3.63, 3.8) is 0 Å². The summed E-state index contributed by atoms with van der Waals surface area (Å²) in [4.78, 5) is 23.1. The van der Waals surface area contributed by atoms with E-state index >= 15 is 0 Å². The van der Waals surface area contributed by atoms with Crippen molar-refractivity contribution in [2.24, 2.45) is 5.73 Å². The van der Waals surface area contributed by atoms with Gasteiger partial charge in [0.05, 0.1) is 12.7 Å². The molecule has 5 nitrogen and oxygen atoms in total. The molecule has 0 aromatic heterocycles. The van der Waals surface area contributed by atoms with Crippen LogP contribution in [-0.4, -0.2) is 25.4 Å². The minimum absolute atomic E-state index is 0.221. The molecular weight excluding hydrogens is 294 g/mol. The van der Waals surface area contributed by atoms with E-state index in [1.165, 1.54) is 6.08 Å². The fourth-order valence-electron chi connectivity index (χ4n) is 1.92. The summed E-state index contributed by atoms with van der Waals surface area (Å²) in [6.07, 6.45) is 3.15. The van der Waals surface area contributed by atoms with Gasteiger partial charge in [0.1, 0.15) is 11.5 Å². The van der Waals surface area contributed by atoms with Crippen molar-refractivity contribution in [3.8, 4) is 11.5 Å². The predicted octanol–water partition coefficient (Wildman–Crippen LogP) is 2.46. The largest absolute Gasteiger partial charge is 0.497 e. The molecule has 0 fully saturated rings. The first-order chi connectivity index (χ1) is 11.1. The lowest BCUT2D eigenvalue weighted by molar-refractivity contribution is -0.119. The van der Waals surface area contributed by atoms with Crippen molar-refractivity contribution in [2.75, 3.05) is 13.7 Å². The molecule has 23 heavy (non-hydrogen) atoms. The van der Waals surface area contributed by atoms with Gasteiger partial charge in [-0.1, -0.05) is 30.3 Å². The van der Waals surface area contributed by atoms with Gasteiger partial charge in [-0.3, -0.25) is 9.59 Å². The Morgan fingerprint density at radius 2 is 1.78 bits per heavy atom. The molecule has 0 radical (unpaired) electrons. The van der Waals surface area contributed by atoms with Crippen LogP contribution >= 0.6 is 0 Å². The van der Waals surface area contributed by atoms with Crippen LogP contribution in [0.1, 0.15) is 15.9 Å². The molecule has 2 rings (SSSR count). The van der Waals surface area contributed by atoms with Crippen LogP contribution in [0.2, 0.25) is 0 Å². The van der Waals surface area contributed by atoms with Crippen LogP contribution in [-0.2, 0) is 4.79 Å². The van der Waals surface area contributed by atoms with E-state index in [0.717, 1.165) is 11.3 Å². The second-order valence-corrected chi connectivity index (χ2v) is 4.72. The Labute approximate surface area is 134 Å². The topological polar surface area (TPSA) is 78.6 Å². The normalized spacial score (nSPS) is 10.5. The fraction of sp³-hybridized carbons (Fsp3) is 0.111. The molecule has 0 spiro atoms. The second-order valence-electron chi connectivity index (χ2n) is 4.72. The van der Waals surface area contributed by atoms with Gasteiger partial charge in [-0.25, -0.2) is 0 Å². The molecule has 0 aliphatic carbocycles. The number of methoxy groups -OCH3 is 1. The average molecular weight is 311 g/mol. The lowest BCUT2D eigenvalue weighted by atomic mass is 10.1. The zero-order chi connectivity index (χ0) is 16.7. The molecule has 0 unspecified atom stereocenters. The number of ether oxygens (including phenoxy) is 2. The average Bonchev–Trinajstić information content (AvgIpc) is 2.58. The Morgan fingerprint density at radius 3 is 2.43 bits per heavy atom. The highest BCUT2D eigenvalue weighted by molar-refractivity contribution is 6.08. The Balaban J connectivity index is 2.13. The standard InChI is InChI=1S/C18H17NO4/c1-22-14-9-6-13(7-10-14)8-11-16(20)15-4-2-3-5-17(15)23-12-18(19)21/h2-11H,12H2,1H3,(H2,19,21)/b11-8+. The van der Waals surface area contributed by atoms with E-state index in [0.29, 0.717) is 11.3 Å². The van der Waals surface area contributed by atoms with Crippen LogP contribution in [0.3, 0.4) is 0 Å². The van der Waals surface area contributed by atoms with Crippen LogP contribution in [0.25, 0.3) is 6.08 Å². The van der Waals surface area contributed by atoms with Gasteiger partial charge in [0, 0.05) is 0 Å². The molecule has 0 atom stereocenters. The Morgan fingerprint density at radius 1 is 1.09 bits per heavy atom. The van der Waals surface area contributed by atoms with Gasteiger partial charge < -0.3 is 15.2 Å². The van der Waals surface area contributed by atoms with Crippen molar-refractivity contribution < 1.29 is 19.1 Å². The molecule has 0 heterocycles. The maximum absolute atomic E-state index is 12.3. The number of hydrogen-bond acceptors (Lipinski definition) is 4. The van der Waals surface area contributed by atoms with Crippen LogP contribution in [0.4, 0.5) is 0 Å². The molecule has 0 aliphatic heterocycles. The number of hydrogen-bond donors (Lipinski definition) is 1. The number of benzene rings is 2. The smallest absolute Gasteiger partial charge is 0.255 e. The first-order valence-corrected chi connectivity index (χ1v) is 6.97. The SMILES string of the molecule is COc1ccc(/C=C/C(=O)c2ccccc2OCC(N)=O)cc1. The van der Waals surface area contributed by atoms with Crippen molar-refractivity contribution in [3.05, 3.63) is 65.7 Å². The zero-order valence-corrected chi connectivity index (χ0v) is 12.7. The third-order valence-corrected chi connectivity index (χ3v) is 3.07. The van der Waals surface area contributed by atoms with Crippen molar-refractivity contribution in [1.82, 2.24) is 0 Å². The molecular formula is C18H17NO4. The molecule has 5 heteroatoms. The minimum Gasteiger partial charge on any atom is -0.497 e. The monoisotopic (exact) mass is 311 g/mol. The summed E-state index contributed by atoms with van der Waals surface area (Å²) in [6.45, 7) is -0.271. The number of nitrogens with two attached hydrogens (primary N) is 1. The summed E-state index contributed by atoms with van der Waals surface area (Å²) in [6, 6.07) is 14.0. The van der Waals surface area contributed by atoms with E-state index in [9.17, 15) is 9.59 Å². The number of carbonyl (C=O) groups excluding carboxylic acids is 2. The molecule has 0 saturated heterocycles. The summed E-state index contributed by atoms with van der Waals surface area (Å²) in [7, 11) is 1.59. The first kappa shape index (κ1) is 16.3. The lowest BCUT2D eigenvalue weighted by Crippen LogP contribution is -2.20. The highest BCUT2D eigenvalue weighted by Crippen LogP contribution is 2.19. The van der Waals surface area contributed by atoms with Gasteiger partial charge in [-0.2, -0.15) is 0 Å². The second kappa shape index (κ2) is 7.79. The molecule has 1 amide bonds. The van der Waals surface area contributed by atoms with Gasteiger partial charge in [-0.05, 0) is 35.9 Å². The predicted molar refractivity (Wildman–Crippen MR) is 87.5 cm³/mol.